The summed E-state index contributed by atoms with van der Waals surface area (Å²) in [5.41, 5.74) is 2.47. The maximum Gasteiger partial charge on any atom is 0.231 e. The molecule has 1 aromatic carbocycles. The van der Waals surface area contributed by atoms with Gasteiger partial charge in [-0.1, -0.05) is 0 Å². The van der Waals surface area contributed by atoms with Crippen molar-refractivity contribution < 1.29 is 9.47 Å². The fraction of sp³-hybridized carbons (Fsp3) is 0.500. The Morgan fingerprint density at radius 3 is 2.56 bits per heavy atom. The second-order valence-electron chi connectivity index (χ2n) is 4.41. The zero-order chi connectivity index (χ0) is 11.1. The molecular formula is C12H16N2O2. The summed E-state index contributed by atoms with van der Waals surface area (Å²) in [6, 6.07) is 4.73. The first kappa shape index (κ1) is 9.78. The number of fused-ring (bicyclic) bond motifs is 1. The molecule has 1 aromatic rings. The summed E-state index contributed by atoms with van der Waals surface area (Å²) in [5.74, 6) is 1.72. The molecule has 4 heteroatoms. The molecule has 0 spiro atoms. The van der Waals surface area contributed by atoms with Crippen LogP contribution in [0.2, 0.25) is 0 Å². The Kier molecular flexibility index (Phi) is 2.17. The normalized spacial score (nSPS) is 18.4. The van der Waals surface area contributed by atoms with E-state index in [0.29, 0.717) is 12.8 Å². The lowest BCUT2D eigenvalue weighted by Crippen LogP contribution is -2.56. The van der Waals surface area contributed by atoms with Crippen LogP contribution in [-0.2, 0) is 0 Å². The molecule has 86 valence electrons. The highest BCUT2D eigenvalue weighted by Crippen LogP contribution is 2.38. The molecule has 0 bridgehead atoms. The van der Waals surface area contributed by atoms with Gasteiger partial charge in [-0.3, -0.25) is 0 Å². The Morgan fingerprint density at radius 2 is 1.94 bits per heavy atom. The Bertz CT molecular complexity index is 416. The molecule has 3 rings (SSSR count). The first-order valence-corrected chi connectivity index (χ1v) is 5.59. The van der Waals surface area contributed by atoms with Crippen LogP contribution in [0.5, 0.6) is 11.5 Å². The van der Waals surface area contributed by atoms with Crippen LogP contribution in [-0.4, -0.2) is 33.0 Å². The van der Waals surface area contributed by atoms with Crippen molar-refractivity contribution >= 4 is 5.69 Å². The van der Waals surface area contributed by atoms with Crippen molar-refractivity contribution in [3.63, 3.8) is 0 Å². The van der Waals surface area contributed by atoms with Crippen LogP contribution in [0.3, 0.4) is 0 Å². The minimum atomic E-state index is 0.340. The summed E-state index contributed by atoms with van der Waals surface area (Å²) in [5, 5.41) is 3.29. The second-order valence-corrected chi connectivity index (χ2v) is 4.41. The molecule has 2 heterocycles. The maximum absolute atomic E-state index is 5.41. The van der Waals surface area contributed by atoms with Crippen LogP contribution in [0.25, 0.3) is 0 Å². The third-order valence-corrected chi connectivity index (χ3v) is 3.38. The molecule has 0 aliphatic carbocycles. The summed E-state index contributed by atoms with van der Waals surface area (Å²) < 4.78 is 10.8. The lowest BCUT2D eigenvalue weighted by Gasteiger charge is -2.37. The molecule has 0 radical (unpaired) electrons. The molecule has 0 saturated carbocycles. The molecule has 0 atom stereocenters. The van der Waals surface area contributed by atoms with E-state index < -0.39 is 0 Å². The third-order valence-electron chi connectivity index (χ3n) is 3.38. The Morgan fingerprint density at radius 1 is 1.25 bits per heavy atom. The van der Waals surface area contributed by atoms with Crippen molar-refractivity contribution in [2.45, 2.75) is 13.0 Å². The molecule has 1 fully saturated rings. The number of aryl methyl sites for hydroxylation is 1. The van der Waals surface area contributed by atoms with Crippen molar-refractivity contribution in [3.8, 4) is 11.5 Å². The number of nitrogens with one attached hydrogen (secondary N) is 1. The lowest BCUT2D eigenvalue weighted by molar-refractivity contribution is 0.174. The average Bonchev–Trinajstić information content (AvgIpc) is 2.60. The fourth-order valence-electron chi connectivity index (χ4n) is 2.16. The van der Waals surface area contributed by atoms with Crippen LogP contribution in [0, 0.1) is 6.92 Å². The van der Waals surface area contributed by atoms with Crippen molar-refractivity contribution in [2.24, 2.45) is 0 Å². The summed E-state index contributed by atoms with van der Waals surface area (Å²) in [7, 11) is 2.13. The average molecular weight is 220 g/mol. The number of hydrogen-bond donors (Lipinski definition) is 1. The van der Waals surface area contributed by atoms with Gasteiger partial charge in [0.2, 0.25) is 6.79 Å². The first-order chi connectivity index (χ1) is 7.75. The smallest absolute Gasteiger partial charge is 0.231 e. The van der Waals surface area contributed by atoms with E-state index >= 15 is 0 Å². The lowest BCUT2D eigenvalue weighted by atomic mass is 10.1. The van der Waals surface area contributed by atoms with Crippen LogP contribution in [0.1, 0.15) is 5.56 Å². The van der Waals surface area contributed by atoms with Gasteiger partial charge in [0, 0.05) is 31.9 Å². The van der Waals surface area contributed by atoms with Crippen molar-refractivity contribution in [1.82, 2.24) is 5.32 Å². The second kappa shape index (κ2) is 3.56. The van der Waals surface area contributed by atoms with Crippen molar-refractivity contribution in [3.05, 3.63) is 17.7 Å². The van der Waals surface area contributed by atoms with Crippen LogP contribution in [0.4, 0.5) is 5.69 Å². The van der Waals surface area contributed by atoms with Crippen molar-refractivity contribution in [1.29, 1.82) is 0 Å². The molecule has 0 unspecified atom stereocenters. The zero-order valence-corrected chi connectivity index (χ0v) is 9.62. The van der Waals surface area contributed by atoms with Gasteiger partial charge in [0.25, 0.3) is 0 Å². The zero-order valence-electron chi connectivity index (χ0n) is 9.62. The molecule has 0 aromatic heterocycles. The number of nitrogens with zero attached hydrogens (tertiary/aromatic N) is 1. The van der Waals surface area contributed by atoms with Gasteiger partial charge < -0.3 is 19.7 Å². The summed E-state index contributed by atoms with van der Waals surface area (Å²) in [6.07, 6.45) is 0. The van der Waals surface area contributed by atoms with Gasteiger partial charge in [-0.15, -0.1) is 0 Å². The molecule has 16 heavy (non-hydrogen) atoms. The van der Waals surface area contributed by atoms with E-state index in [0.717, 1.165) is 24.6 Å². The number of hydrogen-bond acceptors (Lipinski definition) is 4. The van der Waals surface area contributed by atoms with Gasteiger partial charge in [0.05, 0.1) is 6.04 Å². The highest BCUT2D eigenvalue weighted by molar-refractivity contribution is 5.62. The number of likely N-dealkylation sites (N-methyl/N-ethyl adjacent to an activating group) is 1. The highest BCUT2D eigenvalue weighted by atomic mass is 16.7. The molecular weight excluding hydrogens is 204 g/mol. The van der Waals surface area contributed by atoms with E-state index in [1.54, 1.807) is 0 Å². The van der Waals surface area contributed by atoms with E-state index in [4.69, 9.17) is 9.47 Å². The van der Waals surface area contributed by atoms with E-state index in [9.17, 15) is 0 Å². The van der Waals surface area contributed by atoms with Gasteiger partial charge in [0.15, 0.2) is 11.5 Å². The fourth-order valence-corrected chi connectivity index (χ4v) is 2.16. The Balaban J connectivity index is 1.94. The number of ether oxygens (including phenoxy) is 2. The number of benzene rings is 1. The standard InChI is InChI=1S/C12H16N2O2/c1-8-3-11-12(16-7-15-11)4-10(8)14(2)9-5-13-6-9/h3-4,9,13H,5-7H2,1-2H3. The van der Waals surface area contributed by atoms with Crippen LogP contribution in [0.15, 0.2) is 12.1 Å². The molecule has 4 nitrogen and oxygen atoms in total. The van der Waals surface area contributed by atoms with Gasteiger partial charge in [-0.05, 0) is 18.6 Å². The first-order valence-electron chi connectivity index (χ1n) is 5.59. The minimum Gasteiger partial charge on any atom is -0.454 e. The quantitative estimate of drug-likeness (QED) is 0.810. The maximum atomic E-state index is 5.41. The largest absolute Gasteiger partial charge is 0.454 e. The SMILES string of the molecule is Cc1cc2c(cc1N(C)C1CNC1)OCO2. The Labute approximate surface area is 95.1 Å². The van der Waals surface area contributed by atoms with Gasteiger partial charge in [-0.25, -0.2) is 0 Å². The monoisotopic (exact) mass is 220 g/mol. The molecule has 2 aliphatic heterocycles. The molecule has 1 N–H and O–H groups in total. The summed E-state index contributed by atoms with van der Waals surface area (Å²) in [6.45, 7) is 4.57. The van der Waals surface area contributed by atoms with Crippen LogP contribution >= 0.6 is 0 Å². The van der Waals surface area contributed by atoms with Gasteiger partial charge in [0.1, 0.15) is 0 Å². The van der Waals surface area contributed by atoms with E-state index in [1.165, 1.54) is 11.3 Å². The summed E-state index contributed by atoms with van der Waals surface area (Å²) in [4.78, 5) is 2.31. The molecule has 1 saturated heterocycles. The highest BCUT2D eigenvalue weighted by Gasteiger charge is 2.24. The molecule has 2 aliphatic rings. The third kappa shape index (κ3) is 1.41. The minimum absolute atomic E-state index is 0.340. The Hall–Kier alpha value is -1.42. The number of anilines is 1. The van der Waals surface area contributed by atoms with Gasteiger partial charge >= 0.3 is 0 Å². The summed E-state index contributed by atoms with van der Waals surface area (Å²) >= 11 is 0. The van der Waals surface area contributed by atoms with Crippen LogP contribution < -0.4 is 19.7 Å². The van der Waals surface area contributed by atoms with E-state index in [1.807, 2.05) is 0 Å². The predicted octanol–water partition coefficient (Wildman–Crippen LogP) is 1.13. The van der Waals surface area contributed by atoms with E-state index in [2.05, 4.69) is 36.3 Å². The molecule has 0 amide bonds. The topological polar surface area (TPSA) is 33.7 Å². The van der Waals surface area contributed by atoms with Gasteiger partial charge in [-0.2, -0.15) is 0 Å². The van der Waals surface area contributed by atoms with E-state index in [-0.39, 0.29) is 0 Å². The number of rotatable bonds is 2. The van der Waals surface area contributed by atoms with Crippen molar-refractivity contribution in [2.75, 3.05) is 31.8 Å². The predicted molar refractivity (Wildman–Crippen MR) is 62.4 cm³/mol.